The quantitative estimate of drug-likeness (QED) is 0.618. The molecule has 0 bridgehead atoms. The van der Waals surface area contributed by atoms with Gasteiger partial charge >= 0.3 is 0 Å². The molecule has 0 saturated carbocycles. The average molecular weight is 182 g/mol. The molecule has 1 unspecified atom stereocenters. The summed E-state index contributed by atoms with van der Waals surface area (Å²) >= 11 is 0. The molecule has 74 valence electrons. The number of hydrogen-bond acceptors (Lipinski definition) is 3. The molecule has 0 aliphatic carbocycles. The molecule has 1 rings (SSSR count). The van der Waals surface area contributed by atoms with Crippen LogP contribution in [0.4, 0.5) is 0 Å². The standard InChI is InChI=1S/C10H18N2O/c1-5-10(9(2)3)11-6-7-12(8-11)13-4/h6-7,10H,2,5,8H2,1,3-4H3. The zero-order chi connectivity index (χ0) is 9.84. The molecule has 3 heteroatoms. The van der Waals surface area contributed by atoms with E-state index >= 15 is 0 Å². The topological polar surface area (TPSA) is 15.7 Å². The van der Waals surface area contributed by atoms with Crippen molar-refractivity contribution in [3.8, 4) is 0 Å². The van der Waals surface area contributed by atoms with Crippen molar-refractivity contribution < 1.29 is 4.84 Å². The van der Waals surface area contributed by atoms with E-state index in [9.17, 15) is 0 Å². The molecule has 3 nitrogen and oxygen atoms in total. The van der Waals surface area contributed by atoms with E-state index in [1.807, 2.05) is 12.4 Å². The zero-order valence-corrected chi connectivity index (χ0v) is 8.66. The fraction of sp³-hybridized carbons (Fsp3) is 0.600. The van der Waals surface area contributed by atoms with Crippen LogP contribution in [0.1, 0.15) is 20.3 Å². The van der Waals surface area contributed by atoms with E-state index in [0.717, 1.165) is 13.1 Å². The van der Waals surface area contributed by atoms with Gasteiger partial charge in [0, 0.05) is 12.4 Å². The zero-order valence-electron chi connectivity index (χ0n) is 8.66. The third kappa shape index (κ3) is 2.25. The van der Waals surface area contributed by atoms with E-state index < -0.39 is 0 Å². The van der Waals surface area contributed by atoms with Crippen molar-refractivity contribution in [3.63, 3.8) is 0 Å². The van der Waals surface area contributed by atoms with Crippen LogP contribution in [0.3, 0.4) is 0 Å². The smallest absolute Gasteiger partial charge is 0.116 e. The highest BCUT2D eigenvalue weighted by Gasteiger charge is 2.19. The van der Waals surface area contributed by atoms with Gasteiger partial charge in [0.2, 0.25) is 0 Å². The number of nitrogens with zero attached hydrogens (tertiary/aromatic N) is 2. The van der Waals surface area contributed by atoms with Crippen LogP contribution < -0.4 is 0 Å². The third-order valence-electron chi connectivity index (χ3n) is 2.32. The fourth-order valence-corrected chi connectivity index (χ4v) is 1.60. The number of hydroxylamine groups is 2. The van der Waals surface area contributed by atoms with Crippen molar-refractivity contribution in [3.05, 3.63) is 24.6 Å². The summed E-state index contributed by atoms with van der Waals surface area (Å²) in [5, 5.41) is 1.80. The van der Waals surface area contributed by atoms with Gasteiger partial charge in [-0.1, -0.05) is 19.1 Å². The first-order chi connectivity index (χ1) is 6.19. The van der Waals surface area contributed by atoms with Crippen molar-refractivity contribution in [2.75, 3.05) is 13.8 Å². The summed E-state index contributed by atoms with van der Waals surface area (Å²) in [7, 11) is 1.68. The SMILES string of the molecule is C=C(C)C(CC)N1C=CN(OC)C1. The predicted molar refractivity (Wildman–Crippen MR) is 53.6 cm³/mol. The van der Waals surface area contributed by atoms with Gasteiger partial charge in [0.25, 0.3) is 0 Å². The summed E-state index contributed by atoms with van der Waals surface area (Å²) < 4.78 is 0. The second-order valence-electron chi connectivity index (χ2n) is 3.32. The van der Waals surface area contributed by atoms with Gasteiger partial charge in [0.1, 0.15) is 6.67 Å². The van der Waals surface area contributed by atoms with E-state index in [0.29, 0.717) is 6.04 Å². The van der Waals surface area contributed by atoms with Crippen LogP contribution in [0.25, 0.3) is 0 Å². The Morgan fingerprint density at radius 3 is 2.69 bits per heavy atom. The first-order valence-corrected chi connectivity index (χ1v) is 4.59. The molecule has 0 aromatic rings. The number of rotatable bonds is 4. The highest BCUT2D eigenvalue weighted by atomic mass is 16.7. The lowest BCUT2D eigenvalue weighted by Gasteiger charge is -2.28. The van der Waals surface area contributed by atoms with Crippen LogP contribution in [0.15, 0.2) is 24.6 Å². The summed E-state index contributed by atoms with van der Waals surface area (Å²) in [5.74, 6) is 0. The molecular formula is C10H18N2O. The maximum atomic E-state index is 5.09. The Morgan fingerprint density at radius 1 is 1.62 bits per heavy atom. The third-order valence-corrected chi connectivity index (χ3v) is 2.32. The largest absolute Gasteiger partial charge is 0.350 e. The minimum Gasteiger partial charge on any atom is -0.350 e. The van der Waals surface area contributed by atoms with Gasteiger partial charge in [-0.2, -0.15) is 0 Å². The minimum absolute atomic E-state index is 0.427. The Kier molecular flexibility index (Phi) is 3.37. The number of hydrogen-bond donors (Lipinski definition) is 0. The van der Waals surface area contributed by atoms with Crippen molar-refractivity contribution in [2.45, 2.75) is 26.3 Å². The molecule has 1 aliphatic heterocycles. The monoisotopic (exact) mass is 182 g/mol. The normalized spacial score (nSPS) is 18.1. The van der Waals surface area contributed by atoms with Crippen molar-refractivity contribution in [1.29, 1.82) is 0 Å². The van der Waals surface area contributed by atoms with Crippen LogP contribution in [0.5, 0.6) is 0 Å². The van der Waals surface area contributed by atoms with Gasteiger partial charge in [-0.3, -0.25) is 4.84 Å². The summed E-state index contributed by atoms with van der Waals surface area (Å²) in [6.45, 7) is 9.02. The Labute approximate surface area is 80.2 Å². The maximum Gasteiger partial charge on any atom is 0.116 e. The molecule has 1 aliphatic rings. The van der Waals surface area contributed by atoms with Crippen molar-refractivity contribution in [2.24, 2.45) is 0 Å². The van der Waals surface area contributed by atoms with E-state index in [1.54, 1.807) is 12.2 Å². The summed E-state index contributed by atoms with van der Waals surface area (Å²) in [6, 6.07) is 0.427. The lowest BCUT2D eigenvalue weighted by Crippen LogP contribution is -2.33. The highest BCUT2D eigenvalue weighted by molar-refractivity contribution is 5.06. The van der Waals surface area contributed by atoms with Crippen molar-refractivity contribution in [1.82, 2.24) is 9.96 Å². The van der Waals surface area contributed by atoms with E-state index in [4.69, 9.17) is 4.84 Å². The van der Waals surface area contributed by atoms with Crippen LogP contribution in [-0.2, 0) is 4.84 Å². The minimum atomic E-state index is 0.427. The lowest BCUT2D eigenvalue weighted by molar-refractivity contribution is -0.100. The molecule has 13 heavy (non-hydrogen) atoms. The van der Waals surface area contributed by atoms with Crippen molar-refractivity contribution >= 4 is 0 Å². The summed E-state index contributed by atoms with van der Waals surface area (Å²) in [4.78, 5) is 7.32. The van der Waals surface area contributed by atoms with Gasteiger partial charge in [-0.15, -0.1) is 0 Å². The molecule has 0 radical (unpaired) electrons. The molecule has 0 aromatic heterocycles. The summed E-state index contributed by atoms with van der Waals surface area (Å²) in [6.07, 6.45) is 5.06. The molecule has 0 fully saturated rings. The average Bonchev–Trinajstić information content (AvgIpc) is 2.53. The first kappa shape index (κ1) is 10.1. The van der Waals surface area contributed by atoms with Gasteiger partial charge in [-0.25, -0.2) is 5.06 Å². The van der Waals surface area contributed by atoms with Crippen LogP contribution >= 0.6 is 0 Å². The molecule has 0 spiro atoms. The highest BCUT2D eigenvalue weighted by Crippen LogP contribution is 2.17. The maximum absolute atomic E-state index is 5.09. The predicted octanol–water partition coefficient (Wildman–Crippen LogP) is 1.95. The first-order valence-electron chi connectivity index (χ1n) is 4.59. The molecule has 1 heterocycles. The fourth-order valence-electron chi connectivity index (χ4n) is 1.60. The Bertz CT molecular complexity index is 213. The van der Waals surface area contributed by atoms with Gasteiger partial charge in [-0.05, 0) is 13.3 Å². The molecule has 0 N–H and O–H groups in total. The molecule has 0 aromatic carbocycles. The van der Waals surface area contributed by atoms with E-state index in [1.165, 1.54) is 5.57 Å². The van der Waals surface area contributed by atoms with E-state index in [2.05, 4.69) is 25.3 Å². The van der Waals surface area contributed by atoms with Crippen LogP contribution in [0, 0.1) is 0 Å². The van der Waals surface area contributed by atoms with Gasteiger partial charge in [0.05, 0.1) is 13.2 Å². The molecular weight excluding hydrogens is 164 g/mol. The van der Waals surface area contributed by atoms with E-state index in [-0.39, 0.29) is 0 Å². The Hall–Kier alpha value is -0.960. The molecule has 0 amide bonds. The van der Waals surface area contributed by atoms with Gasteiger partial charge in [0.15, 0.2) is 0 Å². The Morgan fingerprint density at radius 2 is 2.31 bits per heavy atom. The van der Waals surface area contributed by atoms with Crippen LogP contribution in [0.2, 0.25) is 0 Å². The Balaban J connectivity index is 2.54. The van der Waals surface area contributed by atoms with Gasteiger partial charge < -0.3 is 4.90 Å². The van der Waals surface area contributed by atoms with Crippen LogP contribution in [-0.4, -0.2) is 29.8 Å². The molecule has 0 saturated heterocycles. The second-order valence-corrected chi connectivity index (χ2v) is 3.32. The summed E-state index contributed by atoms with van der Waals surface area (Å²) in [5.41, 5.74) is 1.20. The lowest BCUT2D eigenvalue weighted by atomic mass is 10.1. The second kappa shape index (κ2) is 4.33. The molecule has 1 atom stereocenters.